The Morgan fingerprint density at radius 3 is 2.50 bits per heavy atom. The van der Waals surface area contributed by atoms with Gasteiger partial charge in [0.05, 0.1) is 13.2 Å². The van der Waals surface area contributed by atoms with Crippen LogP contribution in [0.1, 0.15) is 38.7 Å². The highest BCUT2D eigenvalue weighted by Crippen LogP contribution is 2.48. The van der Waals surface area contributed by atoms with Crippen molar-refractivity contribution in [2.45, 2.75) is 51.4 Å². The molecule has 1 aliphatic rings. The maximum Gasteiger partial charge on any atom is 0.521 e. The van der Waals surface area contributed by atoms with Gasteiger partial charge in [-0.05, 0) is 32.3 Å². The summed E-state index contributed by atoms with van der Waals surface area (Å²) in [5.74, 6) is -2.04. The molecule has 1 aliphatic heterocycles. The molecule has 0 aliphatic carbocycles. The van der Waals surface area contributed by atoms with Crippen LogP contribution in [0, 0.1) is 0 Å². The Bertz CT molecular complexity index is 817. The Morgan fingerprint density at radius 1 is 1.30 bits per heavy atom. The summed E-state index contributed by atoms with van der Waals surface area (Å²) < 4.78 is 17.2. The van der Waals surface area contributed by atoms with Crippen LogP contribution in [0.4, 0.5) is 9.59 Å². The van der Waals surface area contributed by atoms with Crippen LogP contribution >= 0.6 is 7.37 Å². The van der Waals surface area contributed by atoms with Crippen LogP contribution in [0.2, 0.25) is 0 Å². The number of imide groups is 1. The molecule has 1 aromatic carbocycles. The number of carbonyl (C=O) groups excluding carboxylic acids is 2. The Kier molecular flexibility index (Phi) is 8.18. The molecule has 0 radical (unpaired) electrons. The SMILES string of the molecule is CCOC(=O)NC(CCc1ccccc1)P(=O)(O)CC(=O)[N+]1(C(=O)O)CCC[C@H]1C. The second kappa shape index (κ2) is 10.2. The van der Waals surface area contributed by atoms with Crippen molar-refractivity contribution in [2.75, 3.05) is 19.3 Å². The van der Waals surface area contributed by atoms with E-state index in [1.54, 1.807) is 13.8 Å². The highest BCUT2D eigenvalue weighted by atomic mass is 31.2. The third-order valence-electron chi connectivity index (χ3n) is 5.63. The minimum absolute atomic E-state index is 0.0857. The molecule has 3 unspecified atom stereocenters. The molecule has 9 nitrogen and oxygen atoms in total. The molecule has 1 aromatic rings. The molecule has 0 bridgehead atoms. The maximum absolute atomic E-state index is 13.2. The molecule has 1 saturated heterocycles. The highest BCUT2D eigenvalue weighted by Gasteiger charge is 2.55. The summed E-state index contributed by atoms with van der Waals surface area (Å²) in [6.45, 7) is 3.44. The Morgan fingerprint density at radius 2 is 1.97 bits per heavy atom. The number of quaternary nitrogens is 1. The predicted octanol–water partition coefficient (Wildman–Crippen LogP) is 3.17. The molecular weight excluding hydrogens is 411 g/mol. The lowest BCUT2D eigenvalue weighted by molar-refractivity contribution is -0.791. The summed E-state index contributed by atoms with van der Waals surface area (Å²) in [5.41, 5.74) is 0.904. The van der Waals surface area contributed by atoms with Gasteiger partial charge in [0.25, 0.3) is 0 Å². The number of nitrogens with zero attached hydrogens (tertiary/aromatic N) is 1. The number of benzene rings is 1. The Labute approximate surface area is 176 Å². The average Bonchev–Trinajstić information content (AvgIpc) is 3.08. The van der Waals surface area contributed by atoms with Gasteiger partial charge in [-0.3, -0.25) is 4.57 Å². The van der Waals surface area contributed by atoms with Gasteiger partial charge in [-0.15, -0.1) is 0 Å². The van der Waals surface area contributed by atoms with Crippen LogP contribution in [0.25, 0.3) is 0 Å². The van der Waals surface area contributed by atoms with Gasteiger partial charge in [-0.25, -0.2) is 9.59 Å². The number of likely N-dealkylation sites (tertiary alicyclic amines) is 1. The van der Waals surface area contributed by atoms with Gasteiger partial charge in [0, 0.05) is 12.8 Å². The average molecular weight is 441 g/mol. The molecule has 1 heterocycles. The minimum Gasteiger partial charge on any atom is -0.450 e. The highest BCUT2D eigenvalue weighted by molar-refractivity contribution is 7.59. The van der Waals surface area contributed by atoms with Crippen molar-refractivity contribution < 1.29 is 38.2 Å². The molecule has 3 N–H and O–H groups in total. The molecule has 0 aromatic heterocycles. The largest absolute Gasteiger partial charge is 0.521 e. The number of hydrogen-bond donors (Lipinski definition) is 3. The molecule has 10 heteroatoms. The van der Waals surface area contributed by atoms with Gasteiger partial charge in [0.1, 0.15) is 18.0 Å². The fraction of sp³-hybridized carbons (Fsp3) is 0.550. The second-order valence-corrected chi connectivity index (χ2v) is 10.0. The molecule has 2 rings (SSSR count). The van der Waals surface area contributed by atoms with E-state index in [0.29, 0.717) is 19.3 Å². The van der Waals surface area contributed by atoms with Crippen LogP contribution < -0.4 is 5.32 Å². The zero-order valence-electron chi connectivity index (χ0n) is 17.3. The number of amides is 3. The monoisotopic (exact) mass is 441 g/mol. The van der Waals surface area contributed by atoms with Gasteiger partial charge in [0.2, 0.25) is 7.37 Å². The van der Waals surface area contributed by atoms with E-state index in [1.165, 1.54) is 0 Å². The smallest absolute Gasteiger partial charge is 0.450 e. The fourth-order valence-corrected chi connectivity index (χ4v) is 5.60. The van der Waals surface area contributed by atoms with E-state index in [4.69, 9.17) is 4.74 Å². The van der Waals surface area contributed by atoms with E-state index in [1.807, 2.05) is 30.3 Å². The molecule has 1 fully saturated rings. The number of carbonyl (C=O) groups is 3. The molecular formula is C20H30N2O7P+. The number of hydrogen-bond acceptors (Lipinski definition) is 5. The van der Waals surface area contributed by atoms with E-state index < -0.39 is 47.9 Å². The Hall–Kier alpha value is -2.22. The van der Waals surface area contributed by atoms with Crippen molar-refractivity contribution in [1.29, 1.82) is 0 Å². The number of carboxylic acid groups (broad SMARTS) is 1. The number of nitrogens with one attached hydrogen (secondary N) is 1. The van der Waals surface area contributed by atoms with Crippen molar-refractivity contribution in [3.63, 3.8) is 0 Å². The standard InChI is InChI=1S/C20H29N2O7P/c1-3-29-19(24)21-17(12-11-16-9-5-4-6-10-16)30(27,28)14-18(23)22(20(25)26)13-7-8-15(22)2/h4-6,9-10,15,17H,3,7-8,11-14H2,1-2H3,(H2-,21,24,25,26,27,28)/p+1/t15-,17?,22?/m1/s1. The number of aryl methyl sites for hydroxylation is 1. The van der Waals surface area contributed by atoms with E-state index in [0.717, 1.165) is 5.56 Å². The van der Waals surface area contributed by atoms with E-state index in [2.05, 4.69) is 5.32 Å². The summed E-state index contributed by atoms with van der Waals surface area (Å²) in [5, 5.41) is 12.1. The fourth-order valence-electron chi connectivity index (χ4n) is 3.90. The zero-order valence-corrected chi connectivity index (χ0v) is 18.2. The molecule has 0 saturated carbocycles. The number of alkyl carbamates (subject to hydrolysis) is 1. The molecule has 3 amide bonds. The van der Waals surface area contributed by atoms with Crippen LogP contribution in [0.5, 0.6) is 0 Å². The zero-order chi connectivity index (χ0) is 22.4. The first-order valence-electron chi connectivity index (χ1n) is 10.1. The Balaban J connectivity index is 2.21. The predicted molar refractivity (Wildman–Crippen MR) is 110 cm³/mol. The van der Waals surface area contributed by atoms with Crippen molar-refractivity contribution in [2.24, 2.45) is 0 Å². The lowest BCUT2D eigenvalue weighted by atomic mass is 10.1. The summed E-state index contributed by atoms with van der Waals surface area (Å²) in [7, 11) is -4.28. The van der Waals surface area contributed by atoms with E-state index >= 15 is 0 Å². The van der Waals surface area contributed by atoms with Gasteiger partial charge < -0.3 is 20.1 Å². The van der Waals surface area contributed by atoms with Crippen molar-refractivity contribution in [3.05, 3.63) is 35.9 Å². The summed E-state index contributed by atoms with van der Waals surface area (Å²) >= 11 is 0. The first-order valence-corrected chi connectivity index (χ1v) is 12.0. The lowest BCUT2D eigenvalue weighted by Crippen LogP contribution is -2.59. The maximum atomic E-state index is 13.2. The third kappa shape index (κ3) is 5.47. The van der Waals surface area contributed by atoms with Crippen LogP contribution in [0.15, 0.2) is 30.3 Å². The van der Waals surface area contributed by atoms with Crippen LogP contribution in [-0.2, 0) is 20.5 Å². The first-order chi connectivity index (χ1) is 14.1. The quantitative estimate of drug-likeness (QED) is 0.417. The molecule has 30 heavy (non-hydrogen) atoms. The normalized spacial score (nSPS) is 23.9. The molecule has 0 spiro atoms. The van der Waals surface area contributed by atoms with E-state index in [9.17, 15) is 28.9 Å². The first kappa shape index (κ1) is 24.1. The molecule has 4 atom stereocenters. The van der Waals surface area contributed by atoms with Crippen molar-refractivity contribution in [3.8, 4) is 0 Å². The summed E-state index contributed by atoms with van der Waals surface area (Å²) in [6, 6.07) is 8.74. The number of ether oxygens (including phenoxy) is 1. The van der Waals surface area contributed by atoms with Crippen LogP contribution in [0.3, 0.4) is 0 Å². The minimum atomic E-state index is -4.28. The topological polar surface area (TPSA) is 130 Å². The van der Waals surface area contributed by atoms with Gasteiger partial charge in [0.15, 0.2) is 0 Å². The van der Waals surface area contributed by atoms with Crippen LogP contribution in [-0.4, -0.2) is 63.7 Å². The number of rotatable bonds is 8. The lowest BCUT2D eigenvalue weighted by Gasteiger charge is -2.31. The van der Waals surface area contributed by atoms with Gasteiger partial charge in [-0.1, -0.05) is 30.3 Å². The second-order valence-electron chi connectivity index (χ2n) is 7.58. The van der Waals surface area contributed by atoms with Gasteiger partial charge in [-0.2, -0.15) is 9.28 Å². The summed E-state index contributed by atoms with van der Waals surface area (Å²) in [6.07, 6.45) is -1.40. The van der Waals surface area contributed by atoms with Crippen molar-refractivity contribution in [1.82, 2.24) is 5.32 Å². The third-order valence-corrected chi connectivity index (χ3v) is 7.71. The van der Waals surface area contributed by atoms with E-state index in [-0.39, 0.29) is 19.6 Å². The summed E-state index contributed by atoms with van der Waals surface area (Å²) in [4.78, 5) is 47.5. The van der Waals surface area contributed by atoms with Gasteiger partial charge >= 0.3 is 18.1 Å². The molecule has 166 valence electrons. The van der Waals surface area contributed by atoms with Crippen molar-refractivity contribution >= 4 is 25.5 Å².